The summed E-state index contributed by atoms with van der Waals surface area (Å²) in [5.74, 6) is -1.37. The molecule has 0 atom stereocenters. The number of carbonyl (C=O) groups is 2. The fourth-order valence-electron chi connectivity index (χ4n) is 2.34. The van der Waals surface area contributed by atoms with E-state index in [2.05, 4.69) is 10.6 Å². The van der Waals surface area contributed by atoms with E-state index in [-0.39, 0.29) is 28.0 Å². The first-order valence-electron chi connectivity index (χ1n) is 7.96. The number of benzene rings is 2. The summed E-state index contributed by atoms with van der Waals surface area (Å²) >= 11 is 0. The fraction of sp³-hybridized carbons (Fsp3) is 0.222. The maximum Gasteiger partial charge on any atom is 0.255 e. The standard InChI is InChI=1S/C18H17FN2O4S/c1-26(24,25)14-7-4-12(5-8-14)17(22)20-13-6-9-15(19)16(10-13)21-18(23)11-2-3-11/h4-11H,2-3H2,1H3,(H,20,22)(H,21,23). The van der Waals surface area contributed by atoms with Gasteiger partial charge >= 0.3 is 0 Å². The second kappa shape index (κ2) is 6.87. The number of amides is 2. The van der Waals surface area contributed by atoms with Crippen LogP contribution in [0.1, 0.15) is 23.2 Å². The third-order valence-electron chi connectivity index (χ3n) is 3.97. The summed E-state index contributed by atoms with van der Waals surface area (Å²) in [5, 5.41) is 5.11. The van der Waals surface area contributed by atoms with E-state index in [9.17, 15) is 22.4 Å². The lowest BCUT2D eigenvalue weighted by atomic mass is 10.2. The van der Waals surface area contributed by atoms with Crippen molar-refractivity contribution in [1.29, 1.82) is 0 Å². The number of hydrogen-bond donors (Lipinski definition) is 2. The summed E-state index contributed by atoms with van der Waals surface area (Å²) in [6.45, 7) is 0. The largest absolute Gasteiger partial charge is 0.323 e. The molecule has 0 aromatic heterocycles. The van der Waals surface area contributed by atoms with Crippen molar-refractivity contribution < 1.29 is 22.4 Å². The Morgan fingerprint density at radius 3 is 2.27 bits per heavy atom. The van der Waals surface area contributed by atoms with Gasteiger partial charge in [-0.1, -0.05) is 0 Å². The van der Waals surface area contributed by atoms with Crippen LogP contribution in [0.4, 0.5) is 15.8 Å². The van der Waals surface area contributed by atoms with Gasteiger partial charge in [0.05, 0.1) is 10.6 Å². The lowest BCUT2D eigenvalue weighted by Gasteiger charge is -2.10. The summed E-state index contributed by atoms with van der Waals surface area (Å²) in [6.07, 6.45) is 2.68. The molecule has 0 radical (unpaired) electrons. The average molecular weight is 376 g/mol. The number of anilines is 2. The Bertz CT molecular complexity index is 967. The lowest BCUT2D eigenvalue weighted by Crippen LogP contribution is -2.16. The van der Waals surface area contributed by atoms with Crippen LogP contribution in [-0.2, 0) is 14.6 Å². The van der Waals surface area contributed by atoms with Gasteiger partial charge in [-0.3, -0.25) is 9.59 Å². The highest BCUT2D eigenvalue weighted by atomic mass is 32.2. The molecule has 0 aliphatic heterocycles. The second-order valence-electron chi connectivity index (χ2n) is 6.21. The Kier molecular flexibility index (Phi) is 4.78. The van der Waals surface area contributed by atoms with Gasteiger partial charge < -0.3 is 10.6 Å². The van der Waals surface area contributed by atoms with E-state index < -0.39 is 21.6 Å². The quantitative estimate of drug-likeness (QED) is 0.839. The molecule has 0 unspecified atom stereocenters. The molecule has 26 heavy (non-hydrogen) atoms. The Labute approximate surface area is 150 Å². The minimum atomic E-state index is -3.34. The van der Waals surface area contributed by atoms with E-state index in [0.29, 0.717) is 5.69 Å². The third-order valence-corrected chi connectivity index (χ3v) is 5.10. The van der Waals surface area contributed by atoms with Gasteiger partial charge in [0.15, 0.2) is 9.84 Å². The monoisotopic (exact) mass is 376 g/mol. The first-order valence-corrected chi connectivity index (χ1v) is 9.85. The predicted octanol–water partition coefficient (Wildman–Crippen LogP) is 2.83. The summed E-state index contributed by atoms with van der Waals surface area (Å²) in [6, 6.07) is 9.36. The van der Waals surface area contributed by atoms with Gasteiger partial charge in [0.2, 0.25) is 5.91 Å². The predicted molar refractivity (Wildman–Crippen MR) is 95.3 cm³/mol. The van der Waals surface area contributed by atoms with Gasteiger partial charge in [-0.25, -0.2) is 12.8 Å². The van der Waals surface area contributed by atoms with E-state index in [4.69, 9.17) is 0 Å². The Morgan fingerprint density at radius 2 is 1.69 bits per heavy atom. The first-order chi connectivity index (χ1) is 12.2. The maximum absolute atomic E-state index is 13.8. The zero-order valence-corrected chi connectivity index (χ0v) is 14.8. The summed E-state index contributed by atoms with van der Waals surface area (Å²) < 4.78 is 36.7. The second-order valence-corrected chi connectivity index (χ2v) is 8.22. The van der Waals surface area contributed by atoms with E-state index in [1.165, 1.54) is 36.4 Å². The first kappa shape index (κ1) is 18.1. The highest BCUT2D eigenvalue weighted by Gasteiger charge is 2.30. The fourth-order valence-corrected chi connectivity index (χ4v) is 2.97. The molecule has 3 rings (SSSR count). The number of hydrogen-bond acceptors (Lipinski definition) is 4. The van der Waals surface area contributed by atoms with Crippen molar-refractivity contribution in [2.45, 2.75) is 17.7 Å². The molecule has 1 aliphatic carbocycles. The van der Waals surface area contributed by atoms with Gasteiger partial charge in [-0.05, 0) is 55.3 Å². The minimum absolute atomic E-state index is 0.00660. The van der Waals surface area contributed by atoms with E-state index in [1.807, 2.05) is 0 Å². The van der Waals surface area contributed by atoms with Crippen molar-refractivity contribution in [2.24, 2.45) is 5.92 Å². The van der Waals surface area contributed by atoms with Crippen LogP contribution in [0.5, 0.6) is 0 Å². The molecule has 6 nitrogen and oxygen atoms in total. The van der Waals surface area contributed by atoms with Crippen molar-refractivity contribution in [3.05, 3.63) is 53.8 Å². The smallest absolute Gasteiger partial charge is 0.255 e. The molecule has 2 N–H and O–H groups in total. The van der Waals surface area contributed by atoms with Crippen molar-refractivity contribution >= 4 is 33.0 Å². The van der Waals surface area contributed by atoms with Crippen LogP contribution in [0.25, 0.3) is 0 Å². The van der Waals surface area contributed by atoms with Crippen LogP contribution in [0.3, 0.4) is 0 Å². The highest BCUT2D eigenvalue weighted by molar-refractivity contribution is 7.90. The lowest BCUT2D eigenvalue weighted by molar-refractivity contribution is -0.117. The molecule has 1 fully saturated rings. The van der Waals surface area contributed by atoms with Gasteiger partial charge in [-0.15, -0.1) is 0 Å². The average Bonchev–Trinajstić information content (AvgIpc) is 3.42. The van der Waals surface area contributed by atoms with Gasteiger partial charge in [0.25, 0.3) is 5.91 Å². The van der Waals surface area contributed by atoms with Crippen molar-refractivity contribution in [2.75, 3.05) is 16.9 Å². The third kappa shape index (κ3) is 4.26. The minimum Gasteiger partial charge on any atom is -0.323 e. The van der Waals surface area contributed by atoms with Gasteiger partial charge in [0.1, 0.15) is 5.82 Å². The Morgan fingerprint density at radius 1 is 1.04 bits per heavy atom. The zero-order chi connectivity index (χ0) is 18.9. The van der Waals surface area contributed by atoms with E-state index >= 15 is 0 Å². The van der Waals surface area contributed by atoms with Crippen molar-refractivity contribution in [3.63, 3.8) is 0 Å². The molecular formula is C18H17FN2O4S. The molecule has 2 aromatic rings. The molecule has 0 saturated heterocycles. The van der Waals surface area contributed by atoms with Gasteiger partial charge in [-0.2, -0.15) is 0 Å². The summed E-state index contributed by atoms with van der Waals surface area (Å²) in [7, 11) is -3.34. The summed E-state index contributed by atoms with van der Waals surface area (Å²) in [4.78, 5) is 24.2. The molecule has 0 bridgehead atoms. The molecular weight excluding hydrogens is 359 g/mol. The van der Waals surface area contributed by atoms with Crippen molar-refractivity contribution in [3.8, 4) is 0 Å². The molecule has 2 aromatic carbocycles. The molecule has 2 amide bonds. The maximum atomic E-state index is 13.8. The number of nitrogens with one attached hydrogen (secondary N) is 2. The molecule has 8 heteroatoms. The number of sulfone groups is 1. The van der Waals surface area contributed by atoms with E-state index in [0.717, 1.165) is 25.2 Å². The Hall–Kier alpha value is -2.74. The van der Waals surface area contributed by atoms with Crippen LogP contribution in [0.2, 0.25) is 0 Å². The van der Waals surface area contributed by atoms with Crippen LogP contribution >= 0.6 is 0 Å². The van der Waals surface area contributed by atoms with Crippen LogP contribution in [-0.4, -0.2) is 26.5 Å². The van der Waals surface area contributed by atoms with Crippen molar-refractivity contribution in [1.82, 2.24) is 0 Å². The molecule has 0 spiro atoms. The summed E-state index contributed by atoms with van der Waals surface area (Å²) in [5.41, 5.74) is 0.576. The molecule has 136 valence electrons. The molecule has 1 saturated carbocycles. The molecule has 0 heterocycles. The van der Waals surface area contributed by atoms with E-state index in [1.54, 1.807) is 0 Å². The molecule has 1 aliphatic rings. The normalized spacial score (nSPS) is 13.9. The van der Waals surface area contributed by atoms with Gasteiger partial charge in [0, 0.05) is 23.4 Å². The SMILES string of the molecule is CS(=O)(=O)c1ccc(C(=O)Nc2ccc(F)c(NC(=O)C3CC3)c2)cc1. The van der Waals surface area contributed by atoms with Crippen LogP contribution in [0.15, 0.2) is 47.4 Å². The highest BCUT2D eigenvalue weighted by Crippen LogP contribution is 2.31. The number of halogens is 1. The van der Waals surface area contributed by atoms with Crippen LogP contribution in [0, 0.1) is 11.7 Å². The Balaban J connectivity index is 1.73. The zero-order valence-electron chi connectivity index (χ0n) is 14.0. The number of carbonyl (C=O) groups excluding carboxylic acids is 2. The number of rotatable bonds is 5. The topological polar surface area (TPSA) is 92.3 Å². The van der Waals surface area contributed by atoms with Crippen LogP contribution < -0.4 is 10.6 Å².